The molecule has 4 aromatic carbocycles. The second-order valence-corrected chi connectivity index (χ2v) is 14.6. The largest absolute Gasteiger partial charge is 0.303 e. The van der Waals surface area contributed by atoms with Crippen molar-refractivity contribution in [3.05, 3.63) is 181 Å². The molecule has 0 aliphatic heterocycles. The summed E-state index contributed by atoms with van der Waals surface area (Å²) in [6.45, 7) is 2.28. The van der Waals surface area contributed by atoms with Crippen molar-refractivity contribution >= 4 is 37.1 Å². The van der Waals surface area contributed by atoms with Crippen LogP contribution < -0.4 is 21.2 Å². The minimum absolute atomic E-state index is 0. The third kappa shape index (κ3) is 7.96. The molecule has 2 aliphatic carbocycles. The Kier molecular flexibility index (Phi) is 12.3. The molecule has 1 atom stereocenters. The van der Waals surface area contributed by atoms with Gasteiger partial charge < -0.3 is 4.90 Å². The van der Waals surface area contributed by atoms with Crippen LogP contribution in [0.1, 0.15) is 6.92 Å². The number of likely N-dealkylation sites (N-methyl/N-ethyl adjacent to an activating group) is 1. The van der Waals surface area contributed by atoms with E-state index >= 15 is 0 Å². The van der Waals surface area contributed by atoms with Gasteiger partial charge in [-0.05, 0) is 74.3 Å². The summed E-state index contributed by atoms with van der Waals surface area (Å²) in [7, 11) is 3.37. The summed E-state index contributed by atoms with van der Waals surface area (Å²) in [5.41, 5.74) is 1.44. The average molecular weight is 626 g/mol. The molecular weight excluding hydrogens is 588 g/mol. The normalized spacial score (nSPS) is 14.6. The first kappa shape index (κ1) is 32.1. The molecule has 2 radical (unpaired) electrons. The number of benzene rings is 4. The maximum atomic E-state index is 2.31. The van der Waals surface area contributed by atoms with Crippen LogP contribution in [0.5, 0.6) is 0 Å². The van der Waals surface area contributed by atoms with Gasteiger partial charge in [-0.3, -0.25) is 0 Å². The van der Waals surface area contributed by atoms with Crippen LogP contribution in [0.2, 0.25) is 0 Å². The van der Waals surface area contributed by atoms with Gasteiger partial charge in [0.1, 0.15) is 0 Å². The smallest absolute Gasteiger partial charge is 0.0317 e. The summed E-state index contributed by atoms with van der Waals surface area (Å²) in [6.07, 6.45) is 15.5. The van der Waals surface area contributed by atoms with Gasteiger partial charge >= 0.3 is 0 Å². The Hall–Kier alpha value is -2.82. The number of hydrogen-bond donors (Lipinski definition) is 0. The first-order valence-corrected chi connectivity index (χ1v) is 16.8. The van der Waals surface area contributed by atoms with E-state index in [-0.39, 0.29) is 17.1 Å². The predicted molar refractivity (Wildman–Crippen MR) is 183 cm³/mol. The standard InChI is InChI=1S/C21H23NP.C17H14P.Fe/c1-17(22(2)3)20-15-10-16-21(20)23(18-11-6-4-7-12-18)19-13-8-5-9-14-19;1-3-9-15(10-4-1)18(17-13-7-8-14-17)16-11-5-2-6-12-16;/h4-17H,1-3H3;1-14H;/t17-;;/m1../s1. The Morgan fingerprint density at radius 2 is 0.952 bits per heavy atom. The molecule has 0 heterocycles. The molecule has 0 aromatic heterocycles. The van der Waals surface area contributed by atoms with E-state index in [0.29, 0.717) is 6.04 Å². The topological polar surface area (TPSA) is 3.24 Å². The number of nitrogens with zero attached hydrogens (tertiary/aromatic N) is 1. The van der Waals surface area contributed by atoms with Gasteiger partial charge in [0.05, 0.1) is 0 Å². The summed E-state index contributed by atoms with van der Waals surface area (Å²) < 4.78 is 0. The Bertz CT molecular complexity index is 1430. The van der Waals surface area contributed by atoms with E-state index in [4.69, 9.17) is 0 Å². The van der Waals surface area contributed by atoms with Crippen molar-refractivity contribution in [3.8, 4) is 0 Å². The minimum atomic E-state index is -0.514. The zero-order valence-corrected chi connectivity index (χ0v) is 27.3. The fraction of sp³-hybridized carbons (Fsp3) is 0.105. The molecule has 0 unspecified atom stereocenters. The van der Waals surface area contributed by atoms with Gasteiger partial charge in [0.2, 0.25) is 0 Å². The molecule has 1 nitrogen and oxygen atoms in total. The molecule has 0 bridgehead atoms. The number of hydrogen-bond acceptors (Lipinski definition) is 1. The molecule has 0 fully saturated rings. The van der Waals surface area contributed by atoms with Crippen LogP contribution in [-0.4, -0.2) is 25.0 Å². The molecule has 6 rings (SSSR count). The quantitative estimate of drug-likeness (QED) is 0.142. The van der Waals surface area contributed by atoms with Crippen molar-refractivity contribution in [2.45, 2.75) is 13.0 Å². The fourth-order valence-corrected chi connectivity index (χ4v) is 9.81. The van der Waals surface area contributed by atoms with Crippen molar-refractivity contribution in [2.75, 3.05) is 14.1 Å². The van der Waals surface area contributed by atoms with Gasteiger partial charge in [0, 0.05) is 36.0 Å². The van der Waals surface area contributed by atoms with Crippen LogP contribution in [0.3, 0.4) is 0 Å². The van der Waals surface area contributed by atoms with Crippen LogP contribution in [0.4, 0.5) is 0 Å². The average Bonchev–Trinajstić information content (AvgIpc) is 3.73. The molecular formula is C38H37FeNP2. The second kappa shape index (κ2) is 16.1. The van der Waals surface area contributed by atoms with Crippen molar-refractivity contribution < 1.29 is 17.1 Å². The van der Waals surface area contributed by atoms with Gasteiger partial charge in [-0.2, -0.15) is 0 Å². The molecule has 0 amide bonds. The van der Waals surface area contributed by atoms with Crippen molar-refractivity contribution in [1.29, 1.82) is 0 Å². The second-order valence-electron chi connectivity index (χ2n) is 10.2. The van der Waals surface area contributed by atoms with E-state index in [9.17, 15) is 0 Å². The monoisotopic (exact) mass is 625 g/mol. The van der Waals surface area contributed by atoms with Crippen LogP contribution in [0.25, 0.3) is 0 Å². The van der Waals surface area contributed by atoms with E-state index in [1.165, 1.54) is 37.4 Å². The number of rotatable bonds is 8. The van der Waals surface area contributed by atoms with E-state index < -0.39 is 15.8 Å². The Labute approximate surface area is 265 Å². The van der Waals surface area contributed by atoms with Gasteiger partial charge in [-0.1, -0.05) is 152 Å². The molecule has 4 aromatic rings. The van der Waals surface area contributed by atoms with E-state index in [1.54, 1.807) is 0 Å². The van der Waals surface area contributed by atoms with Crippen LogP contribution >= 0.6 is 15.8 Å². The zero-order valence-electron chi connectivity index (χ0n) is 24.4. The molecule has 0 N–H and O–H groups in total. The van der Waals surface area contributed by atoms with Gasteiger partial charge in [0.25, 0.3) is 0 Å². The van der Waals surface area contributed by atoms with E-state index in [1.807, 2.05) is 0 Å². The number of allylic oxidation sites excluding steroid dienone is 6. The van der Waals surface area contributed by atoms with Gasteiger partial charge in [0.15, 0.2) is 0 Å². The fourth-order valence-electron chi connectivity index (χ4n) is 4.96. The molecule has 0 spiro atoms. The Morgan fingerprint density at radius 1 is 0.524 bits per heavy atom. The summed E-state index contributed by atoms with van der Waals surface area (Å²) in [6, 6.07) is 43.8. The van der Waals surface area contributed by atoms with E-state index in [2.05, 4.69) is 190 Å². The summed E-state index contributed by atoms with van der Waals surface area (Å²) in [5.74, 6) is 0. The SMILES string of the molecule is C[C@H](C1=C[CH]C=C1P(c1ccccc1)c1ccccc1)N(C)C.[CH]1C=CC(P(c2ccccc2)c2ccccc2)=C1.[Fe]. The zero-order chi connectivity index (χ0) is 28.4. The molecule has 42 heavy (non-hydrogen) atoms. The molecule has 212 valence electrons. The van der Waals surface area contributed by atoms with E-state index in [0.717, 1.165) is 0 Å². The van der Waals surface area contributed by atoms with Crippen molar-refractivity contribution in [3.63, 3.8) is 0 Å². The minimum Gasteiger partial charge on any atom is -0.303 e. The van der Waals surface area contributed by atoms with Crippen molar-refractivity contribution in [1.82, 2.24) is 4.90 Å². The molecule has 4 heteroatoms. The predicted octanol–water partition coefficient (Wildman–Crippen LogP) is 7.87. The van der Waals surface area contributed by atoms with Crippen LogP contribution in [0.15, 0.2) is 168 Å². The summed E-state index contributed by atoms with van der Waals surface area (Å²) in [5, 5.41) is 8.52. The Balaban J connectivity index is 0.000000193. The van der Waals surface area contributed by atoms with Crippen molar-refractivity contribution in [2.24, 2.45) is 0 Å². The third-order valence-electron chi connectivity index (χ3n) is 7.25. The maximum Gasteiger partial charge on any atom is 0.0317 e. The molecule has 2 aliphatic rings. The van der Waals surface area contributed by atoms with Crippen LogP contribution in [0, 0.1) is 12.8 Å². The Morgan fingerprint density at radius 3 is 1.33 bits per heavy atom. The molecule has 0 saturated carbocycles. The maximum absolute atomic E-state index is 2.31. The molecule has 0 saturated heterocycles. The van der Waals surface area contributed by atoms with Gasteiger partial charge in [-0.15, -0.1) is 0 Å². The van der Waals surface area contributed by atoms with Gasteiger partial charge in [-0.25, -0.2) is 0 Å². The first-order chi connectivity index (χ1) is 20.1. The third-order valence-corrected chi connectivity index (χ3v) is 12.2. The first-order valence-electron chi connectivity index (χ1n) is 14.1. The summed E-state index contributed by atoms with van der Waals surface area (Å²) >= 11 is 0. The van der Waals surface area contributed by atoms with Crippen LogP contribution in [-0.2, 0) is 17.1 Å². The summed E-state index contributed by atoms with van der Waals surface area (Å²) in [4.78, 5) is 2.28.